The summed E-state index contributed by atoms with van der Waals surface area (Å²) in [5.74, 6) is 1.58. The van der Waals surface area contributed by atoms with E-state index in [0.29, 0.717) is 39.6 Å². The number of hydrogen-bond acceptors (Lipinski definition) is 5. The highest BCUT2D eigenvalue weighted by Gasteiger charge is 2.01. The van der Waals surface area contributed by atoms with Gasteiger partial charge >= 0.3 is 0 Å². The zero-order chi connectivity index (χ0) is 18.9. The summed E-state index contributed by atoms with van der Waals surface area (Å²) < 4.78 is 21.1. The molecule has 0 saturated heterocycles. The summed E-state index contributed by atoms with van der Waals surface area (Å²) in [6, 6.07) is 7.86. The third-order valence-electron chi connectivity index (χ3n) is 3.35. The van der Waals surface area contributed by atoms with E-state index in [1.165, 1.54) is 0 Å². The van der Waals surface area contributed by atoms with Gasteiger partial charge in [-0.2, -0.15) is 0 Å². The molecule has 0 heterocycles. The molecule has 7 nitrogen and oxygen atoms in total. The van der Waals surface area contributed by atoms with Crippen LogP contribution in [0.15, 0.2) is 29.3 Å². The molecule has 0 radical (unpaired) electrons. The lowest BCUT2D eigenvalue weighted by Gasteiger charge is -2.13. The Bertz CT molecular complexity index is 497. The zero-order valence-corrected chi connectivity index (χ0v) is 16.3. The molecule has 0 aromatic heterocycles. The lowest BCUT2D eigenvalue weighted by molar-refractivity contribution is 0.0702. The summed E-state index contributed by atoms with van der Waals surface area (Å²) in [6.07, 6.45) is 1.73. The number of aliphatic imine (C=N–C) groups is 1. The van der Waals surface area contributed by atoms with Gasteiger partial charge < -0.3 is 29.6 Å². The highest BCUT2D eigenvalue weighted by Crippen LogP contribution is 2.17. The zero-order valence-electron chi connectivity index (χ0n) is 16.3. The molecule has 0 unspecified atom stereocenters. The van der Waals surface area contributed by atoms with Gasteiger partial charge in [0.15, 0.2) is 5.96 Å². The SMILES string of the molecule is CCNC(=NCCCOCCOC)Nc1cccc(OCCCOC)c1. The molecule has 0 saturated carbocycles. The van der Waals surface area contributed by atoms with Gasteiger partial charge in [0.2, 0.25) is 0 Å². The molecule has 1 aromatic rings. The van der Waals surface area contributed by atoms with Crippen LogP contribution < -0.4 is 15.4 Å². The van der Waals surface area contributed by atoms with Crippen LogP contribution in [0, 0.1) is 0 Å². The lowest BCUT2D eigenvalue weighted by Crippen LogP contribution is -2.30. The van der Waals surface area contributed by atoms with Crippen LogP contribution in [-0.4, -0.2) is 66.3 Å². The van der Waals surface area contributed by atoms with Crippen molar-refractivity contribution in [1.82, 2.24) is 5.32 Å². The molecule has 0 fully saturated rings. The van der Waals surface area contributed by atoms with Gasteiger partial charge in [0.25, 0.3) is 0 Å². The maximum absolute atomic E-state index is 5.73. The fourth-order valence-electron chi connectivity index (χ4n) is 2.10. The quantitative estimate of drug-likeness (QED) is 0.299. The van der Waals surface area contributed by atoms with Crippen molar-refractivity contribution in [2.24, 2.45) is 4.99 Å². The molecule has 148 valence electrons. The van der Waals surface area contributed by atoms with Crippen LogP contribution in [0.2, 0.25) is 0 Å². The van der Waals surface area contributed by atoms with Crippen molar-refractivity contribution in [2.75, 3.05) is 65.7 Å². The average Bonchev–Trinajstić information content (AvgIpc) is 2.65. The smallest absolute Gasteiger partial charge is 0.195 e. The highest BCUT2D eigenvalue weighted by atomic mass is 16.5. The van der Waals surface area contributed by atoms with Crippen molar-refractivity contribution >= 4 is 11.6 Å². The standard InChI is InChI=1S/C19H33N3O4/c1-4-20-19(21-10-6-12-25-15-14-24-3)22-17-8-5-9-18(16-17)26-13-7-11-23-2/h5,8-9,16H,4,6-7,10-15H2,1-3H3,(H2,20,21,22). The van der Waals surface area contributed by atoms with Crippen molar-refractivity contribution in [1.29, 1.82) is 0 Å². The minimum Gasteiger partial charge on any atom is -0.493 e. The normalized spacial score (nSPS) is 11.4. The van der Waals surface area contributed by atoms with E-state index in [1.54, 1.807) is 14.2 Å². The Kier molecular flexibility index (Phi) is 13.2. The molecule has 0 aliphatic carbocycles. The minimum atomic E-state index is 0.621. The fourth-order valence-corrected chi connectivity index (χ4v) is 2.10. The highest BCUT2D eigenvalue weighted by molar-refractivity contribution is 5.93. The Hall–Kier alpha value is -1.83. The van der Waals surface area contributed by atoms with Gasteiger partial charge in [-0.15, -0.1) is 0 Å². The molecule has 0 aliphatic heterocycles. The molecule has 0 amide bonds. The molecule has 1 rings (SSSR count). The summed E-state index contributed by atoms with van der Waals surface area (Å²) in [6.45, 7) is 6.78. The van der Waals surface area contributed by atoms with Crippen LogP contribution >= 0.6 is 0 Å². The summed E-state index contributed by atoms with van der Waals surface area (Å²) in [5.41, 5.74) is 0.935. The largest absolute Gasteiger partial charge is 0.493 e. The Morgan fingerprint density at radius 2 is 1.85 bits per heavy atom. The van der Waals surface area contributed by atoms with Crippen molar-refractivity contribution in [2.45, 2.75) is 19.8 Å². The molecule has 0 aliphatic rings. The Morgan fingerprint density at radius 1 is 1.00 bits per heavy atom. The van der Waals surface area contributed by atoms with E-state index in [4.69, 9.17) is 18.9 Å². The second kappa shape index (κ2) is 15.4. The Morgan fingerprint density at radius 3 is 2.62 bits per heavy atom. The first-order valence-electron chi connectivity index (χ1n) is 9.14. The Labute approximate surface area is 157 Å². The van der Waals surface area contributed by atoms with Gasteiger partial charge in [0.1, 0.15) is 5.75 Å². The van der Waals surface area contributed by atoms with Crippen molar-refractivity contribution < 1.29 is 18.9 Å². The summed E-state index contributed by atoms with van der Waals surface area (Å²) >= 11 is 0. The molecule has 0 spiro atoms. The second-order valence-electron chi connectivity index (χ2n) is 5.57. The minimum absolute atomic E-state index is 0.621. The van der Waals surface area contributed by atoms with E-state index >= 15 is 0 Å². The summed E-state index contributed by atoms with van der Waals surface area (Å²) in [7, 11) is 3.36. The maximum atomic E-state index is 5.73. The van der Waals surface area contributed by atoms with Crippen LogP contribution in [0.25, 0.3) is 0 Å². The third kappa shape index (κ3) is 10.9. The number of methoxy groups -OCH3 is 2. The second-order valence-corrected chi connectivity index (χ2v) is 5.57. The number of nitrogens with zero attached hydrogens (tertiary/aromatic N) is 1. The molecule has 2 N–H and O–H groups in total. The molecule has 7 heteroatoms. The van der Waals surface area contributed by atoms with E-state index in [9.17, 15) is 0 Å². The van der Waals surface area contributed by atoms with Gasteiger partial charge in [0.05, 0.1) is 19.8 Å². The van der Waals surface area contributed by atoms with E-state index < -0.39 is 0 Å². The molecule has 0 bridgehead atoms. The fraction of sp³-hybridized carbons (Fsp3) is 0.632. The predicted molar refractivity (Wildman–Crippen MR) is 105 cm³/mol. The maximum Gasteiger partial charge on any atom is 0.195 e. The van der Waals surface area contributed by atoms with Gasteiger partial charge in [0, 0.05) is 58.7 Å². The number of rotatable bonds is 14. The first-order valence-corrected chi connectivity index (χ1v) is 9.14. The number of nitrogens with one attached hydrogen (secondary N) is 2. The number of hydrogen-bond donors (Lipinski definition) is 2. The number of anilines is 1. The van der Waals surface area contributed by atoms with Gasteiger partial charge in [-0.05, 0) is 25.5 Å². The first kappa shape index (κ1) is 22.2. The van der Waals surface area contributed by atoms with Crippen molar-refractivity contribution in [3.05, 3.63) is 24.3 Å². The lowest BCUT2D eigenvalue weighted by atomic mass is 10.3. The van der Waals surface area contributed by atoms with Gasteiger partial charge in [-0.3, -0.25) is 4.99 Å². The average molecular weight is 367 g/mol. The van der Waals surface area contributed by atoms with E-state index in [1.807, 2.05) is 31.2 Å². The molecular weight excluding hydrogens is 334 g/mol. The Balaban J connectivity index is 2.43. The monoisotopic (exact) mass is 367 g/mol. The van der Waals surface area contributed by atoms with E-state index in [-0.39, 0.29) is 0 Å². The van der Waals surface area contributed by atoms with E-state index in [0.717, 1.165) is 36.8 Å². The first-order chi connectivity index (χ1) is 12.8. The topological polar surface area (TPSA) is 73.3 Å². The number of ether oxygens (including phenoxy) is 4. The van der Waals surface area contributed by atoms with Crippen LogP contribution in [0.4, 0.5) is 5.69 Å². The van der Waals surface area contributed by atoms with E-state index in [2.05, 4.69) is 15.6 Å². The predicted octanol–water partition coefficient (Wildman–Crippen LogP) is 2.53. The van der Waals surface area contributed by atoms with Gasteiger partial charge in [-0.25, -0.2) is 0 Å². The number of benzene rings is 1. The molecule has 0 atom stereocenters. The number of guanidine groups is 1. The third-order valence-corrected chi connectivity index (χ3v) is 3.35. The van der Waals surface area contributed by atoms with Crippen LogP contribution in [0.3, 0.4) is 0 Å². The van der Waals surface area contributed by atoms with Crippen LogP contribution in [0.1, 0.15) is 19.8 Å². The summed E-state index contributed by atoms with van der Waals surface area (Å²) in [5, 5.41) is 6.55. The summed E-state index contributed by atoms with van der Waals surface area (Å²) in [4.78, 5) is 4.57. The van der Waals surface area contributed by atoms with Crippen LogP contribution in [0.5, 0.6) is 5.75 Å². The van der Waals surface area contributed by atoms with Crippen molar-refractivity contribution in [3.8, 4) is 5.75 Å². The van der Waals surface area contributed by atoms with Gasteiger partial charge in [-0.1, -0.05) is 6.07 Å². The van der Waals surface area contributed by atoms with Crippen LogP contribution in [-0.2, 0) is 14.2 Å². The van der Waals surface area contributed by atoms with Crippen molar-refractivity contribution in [3.63, 3.8) is 0 Å². The molecular formula is C19H33N3O4. The molecule has 26 heavy (non-hydrogen) atoms. The molecule has 1 aromatic carbocycles.